The molecular weight excluding hydrogens is 226 g/mol. The van der Waals surface area contributed by atoms with Crippen LogP contribution in [0.25, 0.3) is 10.8 Å². The van der Waals surface area contributed by atoms with Crippen LogP contribution in [0.4, 0.5) is 0 Å². The van der Waals surface area contributed by atoms with Crippen molar-refractivity contribution in [2.45, 2.75) is 26.4 Å². The average Bonchev–Trinajstić information content (AvgIpc) is 2.34. The van der Waals surface area contributed by atoms with E-state index in [1.54, 1.807) is 12.4 Å². The number of ether oxygens (including phenoxy) is 1. The Hall–Kier alpha value is -1.74. The lowest BCUT2D eigenvalue weighted by Crippen LogP contribution is -2.23. The van der Waals surface area contributed by atoms with Crippen molar-refractivity contribution in [1.82, 2.24) is 4.98 Å². The highest BCUT2D eigenvalue weighted by Gasteiger charge is 2.15. The largest absolute Gasteiger partial charge is 0.368 e. The number of ketones is 1. The van der Waals surface area contributed by atoms with Gasteiger partial charge in [0.25, 0.3) is 0 Å². The Morgan fingerprint density at radius 3 is 2.67 bits per heavy atom. The molecule has 1 heterocycles. The second kappa shape index (κ2) is 4.86. The van der Waals surface area contributed by atoms with Gasteiger partial charge in [-0.25, -0.2) is 0 Å². The molecule has 3 nitrogen and oxygen atoms in total. The Morgan fingerprint density at radius 2 is 1.94 bits per heavy atom. The van der Waals surface area contributed by atoms with Crippen molar-refractivity contribution in [3.63, 3.8) is 0 Å². The summed E-state index contributed by atoms with van der Waals surface area (Å²) in [6.45, 7) is 5.88. The summed E-state index contributed by atoms with van der Waals surface area (Å²) < 4.78 is 5.52. The summed E-state index contributed by atoms with van der Waals surface area (Å²) in [7, 11) is 0. The topological polar surface area (TPSA) is 39.2 Å². The lowest BCUT2D eigenvalue weighted by Gasteiger charge is -2.18. The number of carbonyl (C=O) groups excluding carboxylic acids is 1. The Kier molecular flexibility index (Phi) is 3.43. The number of Topliss-reactive ketones (excluding diaryl/α,β-unsaturated/α-hetero) is 1. The summed E-state index contributed by atoms with van der Waals surface area (Å²) in [5.74, 6) is -0.0331. The van der Waals surface area contributed by atoms with Crippen molar-refractivity contribution in [3.8, 4) is 0 Å². The Bertz CT molecular complexity index is 565. The number of aromatic nitrogens is 1. The first-order valence-corrected chi connectivity index (χ1v) is 5.97. The first-order chi connectivity index (χ1) is 8.47. The number of hydrogen-bond acceptors (Lipinski definition) is 3. The quantitative estimate of drug-likeness (QED) is 0.777. The molecule has 18 heavy (non-hydrogen) atoms. The van der Waals surface area contributed by atoms with Crippen molar-refractivity contribution in [3.05, 3.63) is 42.2 Å². The van der Waals surface area contributed by atoms with Crippen molar-refractivity contribution < 1.29 is 9.53 Å². The fraction of sp³-hybridized carbons (Fsp3) is 0.333. The van der Waals surface area contributed by atoms with E-state index in [2.05, 4.69) is 4.98 Å². The first-order valence-electron chi connectivity index (χ1n) is 5.97. The lowest BCUT2D eigenvalue weighted by atomic mass is 10.1. The normalized spacial score (nSPS) is 11.7. The number of nitrogens with zero attached hydrogens (tertiary/aromatic N) is 1. The van der Waals surface area contributed by atoms with E-state index in [0.717, 1.165) is 10.8 Å². The summed E-state index contributed by atoms with van der Waals surface area (Å²) in [4.78, 5) is 16.2. The van der Waals surface area contributed by atoms with Crippen molar-refractivity contribution >= 4 is 16.6 Å². The fourth-order valence-corrected chi connectivity index (χ4v) is 1.70. The molecule has 3 heteroatoms. The van der Waals surface area contributed by atoms with Crippen LogP contribution in [0.15, 0.2) is 36.7 Å². The second-order valence-corrected chi connectivity index (χ2v) is 5.23. The Morgan fingerprint density at radius 1 is 1.22 bits per heavy atom. The Labute approximate surface area is 107 Å². The van der Waals surface area contributed by atoms with Crippen LogP contribution in [0.3, 0.4) is 0 Å². The van der Waals surface area contributed by atoms with Crippen LogP contribution in [0.1, 0.15) is 31.1 Å². The lowest BCUT2D eigenvalue weighted by molar-refractivity contribution is 0.00312. The number of fused-ring (bicyclic) bond motifs is 1. The van der Waals surface area contributed by atoms with Crippen LogP contribution >= 0.6 is 0 Å². The number of carbonyl (C=O) groups is 1. The van der Waals surface area contributed by atoms with Gasteiger partial charge in [0.1, 0.15) is 6.61 Å². The van der Waals surface area contributed by atoms with E-state index in [0.29, 0.717) is 5.56 Å². The third kappa shape index (κ3) is 2.93. The number of benzene rings is 1. The van der Waals surface area contributed by atoms with E-state index in [-0.39, 0.29) is 18.0 Å². The molecule has 0 radical (unpaired) electrons. The summed E-state index contributed by atoms with van der Waals surface area (Å²) in [5, 5.41) is 1.90. The third-order valence-electron chi connectivity index (χ3n) is 2.60. The van der Waals surface area contributed by atoms with Gasteiger partial charge >= 0.3 is 0 Å². The van der Waals surface area contributed by atoms with Gasteiger partial charge in [-0.15, -0.1) is 0 Å². The van der Waals surface area contributed by atoms with Gasteiger partial charge in [0.2, 0.25) is 0 Å². The predicted molar refractivity (Wildman–Crippen MR) is 71.8 cm³/mol. The minimum absolute atomic E-state index is 0.0331. The highest BCUT2D eigenvalue weighted by atomic mass is 16.5. The van der Waals surface area contributed by atoms with E-state index in [4.69, 9.17) is 4.74 Å². The maximum absolute atomic E-state index is 12.1. The maximum atomic E-state index is 12.1. The molecule has 1 aromatic carbocycles. The summed E-state index contributed by atoms with van der Waals surface area (Å²) in [6, 6.07) is 7.73. The molecule has 0 aliphatic rings. The molecule has 2 rings (SSSR count). The SMILES string of the molecule is CC(C)(C)OCC(=O)c1cncc2ccccc12. The molecule has 0 unspecified atom stereocenters. The zero-order chi connectivity index (χ0) is 13.2. The van der Waals surface area contributed by atoms with E-state index in [1.165, 1.54) is 0 Å². The molecule has 0 saturated carbocycles. The van der Waals surface area contributed by atoms with Crippen molar-refractivity contribution in [1.29, 1.82) is 0 Å². The zero-order valence-electron chi connectivity index (χ0n) is 10.9. The maximum Gasteiger partial charge on any atom is 0.190 e. The van der Waals surface area contributed by atoms with Gasteiger partial charge in [-0.05, 0) is 26.2 Å². The van der Waals surface area contributed by atoms with Gasteiger partial charge in [0.05, 0.1) is 5.60 Å². The van der Waals surface area contributed by atoms with E-state index >= 15 is 0 Å². The Balaban J connectivity index is 2.28. The van der Waals surface area contributed by atoms with E-state index in [1.807, 2.05) is 45.0 Å². The van der Waals surface area contributed by atoms with Gasteiger partial charge in [-0.2, -0.15) is 0 Å². The van der Waals surface area contributed by atoms with Crippen molar-refractivity contribution in [2.75, 3.05) is 6.61 Å². The molecule has 0 saturated heterocycles. The number of rotatable bonds is 3. The minimum atomic E-state index is -0.312. The summed E-state index contributed by atoms with van der Waals surface area (Å²) >= 11 is 0. The van der Waals surface area contributed by atoms with Crippen LogP contribution in [-0.2, 0) is 4.74 Å². The standard InChI is InChI=1S/C15H17NO2/c1-15(2,3)18-10-14(17)13-9-16-8-11-6-4-5-7-12(11)13/h4-9H,10H2,1-3H3. The molecule has 0 spiro atoms. The second-order valence-electron chi connectivity index (χ2n) is 5.23. The molecule has 0 atom stereocenters. The third-order valence-corrected chi connectivity index (χ3v) is 2.60. The monoisotopic (exact) mass is 243 g/mol. The summed E-state index contributed by atoms with van der Waals surface area (Å²) in [5.41, 5.74) is 0.311. The van der Waals surface area contributed by atoms with E-state index in [9.17, 15) is 4.79 Å². The number of pyridine rings is 1. The zero-order valence-corrected chi connectivity index (χ0v) is 10.9. The average molecular weight is 243 g/mol. The van der Waals surface area contributed by atoms with Crippen LogP contribution in [0, 0.1) is 0 Å². The van der Waals surface area contributed by atoms with Crippen LogP contribution in [0.5, 0.6) is 0 Å². The van der Waals surface area contributed by atoms with Crippen LogP contribution in [0.2, 0.25) is 0 Å². The molecule has 94 valence electrons. The van der Waals surface area contributed by atoms with Crippen LogP contribution in [-0.4, -0.2) is 23.0 Å². The van der Waals surface area contributed by atoms with Gasteiger partial charge < -0.3 is 4.74 Å². The molecular formula is C15H17NO2. The van der Waals surface area contributed by atoms with Gasteiger partial charge in [0, 0.05) is 23.3 Å². The van der Waals surface area contributed by atoms with E-state index < -0.39 is 0 Å². The van der Waals surface area contributed by atoms with Gasteiger partial charge in [0.15, 0.2) is 5.78 Å². The minimum Gasteiger partial charge on any atom is -0.368 e. The van der Waals surface area contributed by atoms with Crippen LogP contribution < -0.4 is 0 Å². The smallest absolute Gasteiger partial charge is 0.190 e. The first kappa shape index (κ1) is 12.7. The molecule has 0 fully saturated rings. The number of hydrogen-bond donors (Lipinski definition) is 0. The molecule has 0 bridgehead atoms. The predicted octanol–water partition coefficient (Wildman–Crippen LogP) is 3.23. The molecule has 0 aliphatic carbocycles. The molecule has 2 aromatic rings. The molecule has 0 N–H and O–H groups in total. The highest BCUT2D eigenvalue weighted by molar-refractivity contribution is 6.08. The fourth-order valence-electron chi connectivity index (χ4n) is 1.70. The van der Waals surface area contributed by atoms with Gasteiger partial charge in [-0.3, -0.25) is 9.78 Å². The molecule has 0 amide bonds. The van der Waals surface area contributed by atoms with Gasteiger partial charge in [-0.1, -0.05) is 24.3 Å². The molecule has 0 aliphatic heterocycles. The summed E-state index contributed by atoms with van der Waals surface area (Å²) in [6.07, 6.45) is 3.37. The highest BCUT2D eigenvalue weighted by Crippen LogP contribution is 2.18. The van der Waals surface area contributed by atoms with Crippen molar-refractivity contribution in [2.24, 2.45) is 0 Å². The molecule has 1 aromatic heterocycles.